The summed E-state index contributed by atoms with van der Waals surface area (Å²) in [5, 5.41) is 18.5. The highest BCUT2D eigenvalue weighted by Crippen LogP contribution is 2.52. The molecule has 2 aliphatic rings. The number of hydrogen-bond acceptors (Lipinski definition) is 6. The van der Waals surface area contributed by atoms with Crippen molar-refractivity contribution in [2.75, 3.05) is 24.5 Å². The molecule has 2 aromatic rings. The van der Waals surface area contributed by atoms with Crippen LogP contribution >= 0.6 is 0 Å². The summed E-state index contributed by atoms with van der Waals surface area (Å²) >= 11 is 0. The fraction of sp³-hybridized carbons (Fsp3) is 0.625. The van der Waals surface area contributed by atoms with E-state index in [4.69, 9.17) is 5.14 Å². The smallest absolute Gasteiger partial charge is 0.382 e. The predicted octanol–water partition coefficient (Wildman–Crippen LogP) is 0.435. The largest absolute Gasteiger partial charge is 0.415 e. The molecule has 0 bridgehead atoms. The molecule has 1 aliphatic heterocycles. The second kappa shape index (κ2) is 6.52. The van der Waals surface area contributed by atoms with Crippen LogP contribution in [-0.4, -0.2) is 70.4 Å². The summed E-state index contributed by atoms with van der Waals surface area (Å²) in [5.41, 5.74) is 1.71. The lowest BCUT2D eigenvalue weighted by molar-refractivity contribution is -0.207. The molecule has 2 fully saturated rings. The van der Waals surface area contributed by atoms with E-state index in [1.54, 1.807) is 4.52 Å². The Morgan fingerprint density at radius 3 is 2.66 bits per heavy atom. The van der Waals surface area contributed by atoms with Gasteiger partial charge >= 0.3 is 6.18 Å². The van der Waals surface area contributed by atoms with Gasteiger partial charge in [0, 0.05) is 30.7 Å². The summed E-state index contributed by atoms with van der Waals surface area (Å²) in [6.45, 7) is 2.08. The standard InChI is InChI=1S/C16H21F3N6O3S/c1-10-2-3-24-13(10)14(21-9-22-24)23-7-15(8-23)4-11(5-15)25(29(20,27)28)6-12(26)16(17,18)19/h2-3,9,11-12,26H,4-8H2,1H3,(H2,20,27,28). The van der Waals surface area contributed by atoms with Gasteiger partial charge < -0.3 is 10.0 Å². The number of fused-ring (bicyclic) bond motifs is 1. The first kappa shape index (κ1) is 20.3. The number of alkyl halides is 3. The van der Waals surface area contributed by atoms with Crippen molar-refractivity contribution in [3.8, 4) is 0 Å². The summed E-state index contributed by atoms with van der Waals surface area (Å²) in [5.74, 6) is 0.771. The highest BCUT2D eigenvalue weighted by molar-refractivity contribution is 7.86. The monoisotopic (exact) mass is 434 g/mol. The number of halogens is 3. The van der Waals surface area contributed by atoms with E-state index >= 15 is 0 Å². The number of hydrogen-bond donors (Lipinski definition) is 2. The van der Waals surface area contributed by atoms with E-state index in [2.05, 4.69) is 10.1 Å². The molecule has 29 heavy (non-hydrogen) atoms. The first-order valence-electron chi connectivity index (χ1n) is 8.98. The lowest BCUT2D eigenvalue weighted by atomic mass is 9.60. The van der Waals surface area contributed by atoms with Crippen molar-refractivity contribution in [3.63, 3.8) is 0 Å². The zero-order valence-corrected chi connectivity index (χ0v) is 16.4. The Labute approximate surface area is 165 Å². The van der Waals surface area contributed by atoms with Crippen molar-refractivity contribution in [2.24, 2.45) is 10.6 Å². The fourth-order valence-corrected chi connectivity index (χ4v) is 5.28. The Balaban J connectivity index is 1.43. The number of aromatic nitrogens is 3. The molecular weight excluding hydrogens is 413 g/mol. The molecule has 0 aromatic carbocycles. The van der Waals surface area contributed by atoms with Crippen LogP contribution < -0.4 is 10.0 Å². The third-order valence-electron chi connectivity index (χ3n) is 5.79. The number of aliphatic hydroxyl groups excluding tert-OH is 1. The van der Waals surface area contributed by atoms with Crippen molar-refractivity contribution >= 4 is 21.5 Å². The third-order valence-corrected chi connectivity index (χ3v) is 6.89. The van der Waals surface area contributed by atoms with Gasteiger partial charge in [0.2, 0.25) is 0 Å². The van der Waals surface area contributed by atoms with Gasteiger partial charge in [-0.1, -0.05) is 0 Å². The van der Waals surface area contributed by atoms with Gasteiger partial charge in [-0.2, -0.15) is 31.0 Å². The van der Waals surface area contributed by atoms with Gasteiger partial charge in [0.1, 0.15) is 11.8 Å². The topological polar surface area (TPSA) is 117 Å². The predicted molar refractivity (Wildman–Crippen MR) is 97.3 cm³/mol. The van der Waals surface area contributed by atoms with E-state index in [-0.39, 0.29) is 5.41 Å². The van der Waals surface area contributed by atoms with E-state index in [0.717, 1.165) is 16.9 Å². The lowest BCUT2D eigenvalue weighted by Gasteiger charge is -2.60. The Bertz CT molecular complexity index is 1030. The minimum absolute atomic E-state index is 0.195. The van der Waals surface area contributed by atoms with Crippen LogP contribution in [0.5, 0.6) is 0 Å². The maximum absolute atomic E-state index is 12.7. The van der Waals surface area contributed by atoms with Gasteiger partial charge in [0.15, 0.2) is 11.9 Å². The highest BCUT2D eigenvalue weighted by Gasteiger charge is 2.56. The van der Waals surface area contributed by atoms with Crippen LogP contribution in [0.15, 0.2) is 18.6 Å². The molecule has 160 valence electrons. The molecule has 0 radical (unpaired) electrons. The third kappa shape index (κ3) is 3.56. The summed E-state index contributed by atoms with van der Waals surface area (Å²) in [6, 6.07) is 1.27. The number of nitrogens with zero attached hydrogens (tertiary/aromatic N) is 5. The highest BCUT2D eigenvalue weighted by atomic mass is 32.2. The van der Waals surface area contributed by atoms with Crippen LogP contribution in [0, 0.1) is 12.3 Å². The molecule has 1 atom stereocenters. The molecule has 1 spiro atoms. The van der Waals surface area contributed by atoms with E-state index in [1.165, 1.54) is 6.33 Å². The van der Waals surface area contributed by atoms with Crippen LogP contribution in [0.4, 0.5) is 19.0 Å². The van der Waals surface area contributed by atoms with Gasteiger partial charge in [-0.3, -0.25) is 0 Å². The molecule has 13 heteroatoms. The lowest BCUT2D eigenvalue weighted by Crippen LogP contribution is -2.68. The van der Waals surface area contributed by atoms with Crippen LogP contribution in [0.2, 0.25) is 0 Å². The normalized spacial score (nSPS) is 20.9. The summed E-state index contributed by atoms with van der Waals surface area (Å²) < 4.78 is 63.8. The van der Waals surface area contributed by atoms with Crippen molar-refractivity contribution in [3.05, 3.63) is 24.2 Å². The molecule has 3 N–H and O–H groups in total. The molecule has 1 unspecified atom stereocenters. The molecule has 3 heterocycles. The SMILES string of the molecule is Cc1ccn2ncnc(N3CC4(CC(N(CC(O)C(F)(F)F)S(N)(=O)=O)C4)C3)c12. The summed E-state index contributed by atoms with van der Waals surface area (Å²) in [4.78, 5) is 6.40. The number of nitrogens with two attached hydrogens (primary N) is 1. The first-order valence-corrected chi connectivity index (χ1v) is 10.5. The molecule has 9 nitrogen and oxygen atoms in total. The van der Waals surface area contributed by atoms with Crippen molar-refractivity contribution < 1.29 is 26.7 Å². The van der Waals surface area contributed by atoms with Crippen LogP contribution in [-0.2, 0) is 10.2 Å². The summed E-state index contributed by atoms with van der Waals surface area (Å²) in [7, 11) is -4.37. The molecule has 1 saturated carbocycles. The second-order valence-electron chi connectivity index (χ2n) is 7.97. The quantitative estimate of drug-likeness (QED) is 0.705. The Morgan fingerprint density at radius 1 is 1.41 bits per heavy atom. The van der Waals surface area contributed by atoms with E-state index < -0.39 is 35.1 Å². The second-order valence-corrected chi connectivity index (χ2v) is 9.46. The number of anilines is 1. The Kier molecular flexibility index (Phi) is 4.57. The number of aryl methyl sites for hydroxylation is 1. The van der Waals surface area contributed by atoms with E-state index in [0.29, 0.717) is 30.2 Å². The molecule has 2 aromatic heterocycles. The van der Waals surface area contributed by atoms with Gasteiger partial charge in [0.05, 0.1) is 6.54 Å². The minimum atomic E-state index is -4.91. The van der Waals surface area contributed by atoms with Crippen LogP contribution in [0.3, 0.4) is 0 Å². The first-order chi connectivity index (χ1) is 13.4. The van der Waals surface area contributed by atoms with Gasteiger partial charge in [-0.15, -0.1) is 0 Å². The molecule has 4 rings (SSSR count). The van der Waals surface area contributed by atoms with Crippen molar-refractivity contribution in [1.29, 1.82) is 0 Å². The van der Waals surface area contributed by atoms with E-state index in [1.807, 2.05) is 24.1 Å². The molecule has 1 saturated heterocycles. The Hall–Kier alpha value is -1.96. The molecule has 0 amide bonds. The minimum Gasteiger partial charge on any atom is -0.382 e. The Morgan fingerprint density at radius 2 is 2.07 bits per heavy atom. The van der Waals surface area contributed by atoms with Crippen LogP contribution in [0.1, 0.15) is 18.4 Å². The maximum atomic E-state index is 12.7. The zero-order valence-electron chi connectivity index (χ0n) is 15.5. The molecule has 1 aliphatic carbocycles. The number of rotatable bonds is 5. The average molecular weight is 434 g/mol. The number of aliphatic hydroxyl groups is 1. The van der Waals surface area contributed by atoms with Crippen molar-refractivity contribution in [1.82, 2.24) is 18.9 Å². The van der Waals surface area contributed by atoms with Gasteiger partial charge in [0.25, 0.3) is 10.2 Å². The fourth-order valence-electron chi connectivity index (χ4n) is 4.37. The summed E-state index contributed by atoms with van der Waals surface area (Å²) in [6.07, 6.45) is -3.64. The van der Waals surface area contributed by atoms with Crippen molar-refractivity contribution in [2.45, 2.75) is 38.1 Å². The van der Waals surface area contributed by atoms with Gasteiger partial charge in [-0.05, 0) is 31.4 Å². The zero-order chi connectivity index (χ0) is 21.2. The molecular formula is C16H21F3N6O3S. The van der Waals surface area contributed by atoms with Crippen LogP contribution in [0.25, 0.3) is 5.52 Å². The maximum Gasteiger partial charge on any atom is 0.415 e. The van der Waals surface area contributed by atoms with Gasteiger partial charge in [-0.25, -0.2) is 14.6 Å². The van der Waals surface area contributed by atoms with E-state index in [9.17, 15) is 26.7 Å². The average Bonchev–Trinajstić information content (AvgIpc) is 2.91.